The van der Waals surface area contributed by atoms with Crippen LogP contribution < -0.4 is 0 Å². The van der Waals surface area contributed by atoms with E-state index in [-0.39, 0.29) is 0 Å². The summed E-state index contributed by atoms with van der Waals surface area (Å²) < 4.78 is 1.02. The van der Waals surface area contributed by atoms with Gasteiger partial charge in [0.2, 0.25) is 0 Å². The predicted octanol–water partition coefficient (Wildman–Crippen LogP) is 3.05. The molecule has 2 N–H and O–H groups in total. The minimum atomic E-state index is -0.856. The van der Waals surface area contributed by atoms with Crippen LogP contribution in [0.25, 0.3) is 10.2 Å². The molecule has 0 aromatic carbocycles. The number of H-pyrrole nitrogens is 1. The maximum atomic E-state index is 10.7. The highest BCUT2D eigenvalue weighted by Crippen LogP contribution is 2.28. The van der Waals surface area contributed by atoms with Crippen LogP contribution in [0, 0.1) is 0 Å². The van der Waals surface area contributed by atoms with Crippen molar-refractivity contribution < 1.29 is 9.90 Å². The van der Waals surface area contributed by atoms with Gasteiger partial charge in [-0.05, 0) is 18.1 Å². The second-order valence-electron chi connectivity index (χ2n) is 3.57. The number of hydrogen-bond donors (Lipinski definition) is 2. The second kappa shape index (κ2) is 3.13. The Morgan fingerprint density at radius 3 is 2.71 bits per heavy atom. The number of aromatic nitrogens is 1. The maximum Gasteiger partial charge on any atom is 0.345 e. The summed E-state index contributed by atoms with van der Waals surface area (Å²) in [6.45, 7) is 4.21. The summed E-state index contributed by atoms with van der Waals surface area (Å²) in [4.78, 5) is 14.3. The lowest BCUT2D eigenvalue weighted by Gasteiger charge is -1.98. The molecule has 0 atom stereocenters. The SMILES string of the molecule is CC(C)c1cc2sc(C(=O)O)cc2[nH]1. The van der Waals surface area contributed by atoms with E-state index in [0.29, 0.717) is 10.8 Å². The Labute approximate surface area is 85.4 Å². The molecule has 0 radical (unpaired) electrons. The molecule has 0 spiro atoms. The average Bonchev–Trinajstić information content (AvgIpc) is 2.57. The number of fused-ring (bicyclic) bond motifs is 1. The summed E-state index contributed by atoms with van der Waals surface area (Å²) in [6.07, 6.45) is 0. The Kier molecular flexibility index (Phi) is 2.07. The van der Waals surface area contributed by atoms with Crippen molar-refractivity contribution in [2.45, 2.75) is 19.8 Å². The molecule has 0 unspecified atom stereocenters. The van der Waals surface area contributed by atoms with E-state index in [9.17, 15) is 4.79 Å². The van der Waals surface area contributed by atoms with Gasteiger partial charge in [0.25, 0.3) is 0 Å². The fourth-order valence-electron chi connectivity index (χ4n) is 1.36. The third-order valence-electron chi connectivity index (χ3n) is 2.16. The summed E-state index contributed by atoms with van der Waals surface area (Å²) in [5.74, 6) is -0.409. The lowest BCUT2D eigenvalue weighted by molar-refractivity contribution is 0.0702. The van der Waals surface area contributed by atoms with E-state index in [4.69, 9.17) is 5.11 Å². The van der Waals surface area contributed by atoms with Gasteiger partial charge in [0.15, 0.2) is 0 Å². The number of nitrogens with one attached hydrogen (secondary N) is 1. The molecule has 3 nitrogen and oxygen atoms in total. The van der Waals surface area contributed by atoms with Gasteiger partial charge in [0, 0.05) is 5.69 Å². The first-order valence-electron chi connectivity index (χ1n) is 4.43. The zero-order chi connectivity index (χ0) is 10.3. The van der Waals surface area contributed by atoms with Crippen LogP contribution in [0.4, 0.5) is 0 Å². The quantitative estimate of drug-likeness (QED) is 0.798. The van der Waals surface area contributed by atoms with Crippen LogP contribution >= 0.6 is 11.3 Å². The molecular formula is C10H11NO2S. The minimum Gasteiger partial charge on any atom is -0.477 e. The van der Waals surface area contributed by atoms with E-state index in [1.165, 1.54) is 11.3 Å². The molecule has 0 amide bonds. The number of carbonyl (C=O) groups is 1. The molecule has 0 fully saturated rings. The number of carboxylic acid groups (broad SMARTS) is 1. The van der Waals surface area contributed by atoms with Gasteiger partial charge in [-0.15, -0.1) is 11.3 Å². The normalized spacial score (nSPS) is 11.4. The van der Waals surface area contributed by atoms with Crippen molar-refractivity contribution in [3.63, 3.8) is 0 Å². The molecule has 2 heterocycles. The zero-order valence-electron chi connectivity index (χ0n) is 8.00. The third-order valence-corrected chi connectivity index (χ3v) is 3.23. The van der Waals surface area contributed by atoms with Crippen LogP contribution in [0.5, 0.6) is 0 Å². The van der Waals surface area contributed by atoms with Crippen LogP contribution in [0.2, 0.25) is 0 Å². The molecule has 2 rings (SSSR count). The smallest absolute Gasteiger partial charge is 0.345 e. The van der Waals surface area contributed by atoms with Crippen LogP contribution in [0.3, 0.4) is 0 Å². The van der Waals surface area contributed by atoms with E-state index in [1.54, 1.807) is 6.07 Å². The van der Waals surface area contributed by atoms with Gasteiger partial charge in [0.1, 0.15) is 4.88 Å². The molecule has 2 aromatic heterocycles. The summed E-state index contributed by atoms with van der Waals surface area (Å²) in [5.41, 5.74) is 2.08. The Hall–Kier alpha value is -1.29. The first-order valence-corrected chi connectivity index (χ1v) is 5.25. The van der Waals surface area contributed by atoms with Crippen molar-refractivity contribution in [3.8, 4) is 0 Å². The van der Waals surface area contributed by atoms with Crippen LogP contribution in [-0.4, -0.2) is 16.1 Å². The lowest BCUT2D eigenvalue weighted by Crippen LogP contribution is -1.90. The molecule has 0 aliphatic carbocycles. The van der Waals surface area contributed by atoms with Gasteiger partial charge in [-0.25, -0.2) is 4.79 Å². The molecule has 14 heavy (non-hydrogen) atoms. The Morgan fingerprint density at radius 1 is 1.50 bits per heavy atom. The van der Waals surface area contributed by atoms with Gasteiger partial charge in [-0.3, -0.25) is 0 Å². The highest BCUT2D eigenvalue weighted by atomic mass is 32.1. The summed E-state index contributed by atoms with van der Waals surface area (Å²) >= 11 is 1.31. The Morgan fingerprint density at radius 2 is 2.21 bits per heavy atom. The number of rotatable bonds is 2. The van der Waals surface area contributed by atoms with Gasteiger partial charge < -0.3 is 10.1 Å². The summed E-state index contributed by atoms with van der Waals surface area (Å²) in [6, 6.07) is 3.71. The van der Waals surface area contributed by atoms with Crippen LogP contribution in [0.1, 0.15) is 35.1 Å². The van der Waals surface area contributed by atoms with Crippen molar-refractivity contribution in [2.24, 2.45) is 0 Å². The van der Waals surface area contributed by atoms with Crippen molar-refractivity contribution in [2.75, 3.05) is 0 Å². The number of hydrogen-bond acceptors (Lipinski definition) is 2. The van der Waals surface area contributed by atoms with E-state index < -0.39 is 5.97 Å². The highest BCUT2D eigenvalue weighted by molar-refractivity contribution is 7.20. The average molecular weight is 209 g/mol. The first kappa shape index (κ1) is 9.27. The van der Waals surface area contributed by atoms with Crippen LogP contribution in [-0.2, 0) is 0 Å². The topological polar surface area (TPSA) is 53.1 Å². The molecule has 0 saturated carbocycles. The minimum absolute atomic E-state index is 0.390. The van der Waals surface area contributed by atoms with E-state index >= 15 is 0 Å². The Balaban J connectivity index is 2.50. The van der Waals surface area contributed by atoms with Crippen LogP contribution in [0.15, 0.2) is 12.1 Å². The Bertz CT molecular complexity index is 450. The molecule has 0 bridgehead atoms. The fourth-order valence-corrected chi connectivity index (χ4v) is 2.27. The van der Waals surface area contributed by atoms with Crippen molar-refractivity contribution in [1.82, 2.24) is 4.98 Å². The molecular weight excluding hydrogens is 198 g/mol. The first-order chi connectivity index (χ1) is 6.58. The maximum absolute atomic E-state index is 10.7. The molecule has 0 aliphatic heterocycles. The van der Waals surface area contributed by atoms with Gasteiger partial charge in [-0.1, -0.05) is 13.8 Å². The monoisotopic (exact) mass is 209 g/mol. The number of aromatic carboxylic acids is 1. The van der Waals surface area contributed by atoms with Gasteiger partial charge in [-0.2, -0.15) is 0 Å². The summed E-state index contributed by atoms with van der Waals surface area (Å²) in [5, 5.41) is 8.78. The fraction of sp³-hybridized carbons (Fsp3) is 0.300. The summed E-state index contributed by atoms with van der Waals surface area (Å²) in [7, 11) is 0. The second-order valence-corrected chi connectivity index (χ2v) is 4.66. The third kappa shape index (κ3) is 1.42. The molecule has 2 aromatic rings. The van der Waals surface area contributed by atoms with Crippen molar-refractivity contribution in [3.05, 3.63) is 22.7 Å². The van der Waals surface area contributed by atoms with Crippen molar-refractivity contribution in [1.29, 1.82) is 0 Å². The molecule has 4 heteroatoms. The molecule has 0 saturated heterocycles. The standard InChI is InChI=1S/C10H11NO2S/c1-5(2)6-3-8-7(11-6)4-9(14-8)10(12)13/h3-5,11H,1-2H3,(H,12,13). The zero-order valence-corrected chi connectivity index (χ0v) is 8.81. The number of thiophene rings is 1. The van der Waals surface area contributed by atoms with Gasteiger partial charge >= 0.3 is 5.97 Å². The predicted molar refractivity (Wildman–Crippen MR) is 57.2 cm³/mol. The van der Waals surface area contributed by atoms with E-state index in [1.807, 2.05) is 6.07 Å². The largest absolute Gasteiger partial charge is 0.477 e. The van der Waals surface area contributed by atoms with Crippen molar-refractivity contribution >= 4 is 27.5 Å². The molecule has 74 valence electrons. The number of aromatic amines is 1. The highest BCUT2D eigenvalue weighted by Gasteiger charge is 2.11. The number of carboxylic acids is 1. The van der Waals surface area contributed by atoms with Gasteiger partial charge in [0.05, 0.1) is 10.2 Å². The van der Waals surface area contributed by atoms with E-state index in [0.717, 1.165) is 15.9 Å². The van der Waals surface area contributed by atoms with E-state index in [2.05, 4.69) is 18.8 Å². The molecule has 0 aliphatic rings. The lowest BCUT2D eigenvalue weighted by atomic mass is 10.1.